The molecule has 3 nitrogen and oxygen atoms in total. The zero-order valence-corrected chi connectivity index (χ0v) is 7.24. The molecule has 0 aromatic carbocycles. The van der Waals surface area contributed by atoms with Crippen molar-refractivity contribution in [2.45, 2.75) is 31.2 Å². The van der Waals surface area contributed by atoms with Crippen molar-refractivity contribution >= 4 is 5.78 Å². The van der Waals surface area contributed by atoms with Gasteiger partial charge in [0.25, 0.3) is 0 Å². The fourth-order valence-electron chi connectivity index (χ4n) is 1.71. The molecule has 0 aromatic rings. The Balaban J connectivity index is 2.32. The summed E-state index contributed by atoms with van der Waals surface area (Å²) in [7, 11) is 1.55. The third-order valence-corrected chi connectivity index (χ3v) is 2.73. The van der Waals surface area contributed by atoms with Gasteiger partial charge in [-0.3, -0.25) is 4.79 Å². The van der Waals surface area contributed by atoms with Crippen LogP contribution in [0.4, 0.5) is 0 Å². The summed E-state index contributed by atoms with van der Waals surface area (Å²) in [6, 6.07) is 0. The van der Waals surface area contributed by atoms with Gasteiger partial charge in [0, 0.05) is 13.5 Å². The Morgan fingerprint density at radius 1 is 1.67 bits per heavy atom. The number of ketones is 1. The highest BCUT2D eigenvalue weighted by Crippen LogP contribution is 2.34. The van der Waals surface area contributed by atoms with Crippen LogP contribution in [-0.4, -0.2) is 30.7 Å². The van der Waals surface area contributed by atoms with Gasteiger partial charge in [-0.1, -0.05) is 12.2 Å². The SMILES string of the molecule is COC1(C)C(=O)CC2C=CC1O2. The van der Waals surface area contributed by atoms with Crippen molar-refractivity contribution in [3.05, 3.63) is 12.2 Å². The first-order valence-corrected chi connectivity index (χ1v) is 4.09. The lowest BCUT2D eigenvalue weighted by atomic mass is 9.90. The lowest BCUT2D eigenvalue weighted by Crippen LogP contribution is -2.52. The summed E-state index contributed by atoms with van der Waals surface area (Å²) in [5.41, 5.74) is -0.760. The highest BCUT2D eigenvalue weighted by atomic mass is 16.6. The Labute approximate surface area is 71.3 Å². The van der Waals surface area contributed by atoms with Gasteiger partial charge >= 0.3 is 0 Å². The Morgan fingerprint density at radius 2 is 2.42 bits per heavy atom. The summed E-state index contributed by atoms with van der Waals surface area (Å²) in [6.07, 6.45) is 4.10. The van der Waals surface area contributed by atoms with E-state index in [-0.39, 0.29) is 18.0 Å². The van der Waals surface area contributed by atoms with Crippen LogP contribution in [0, 0.1) is 0 Å². The third kappa shape index (κ3) is 0.867. The van der Waals surface area contributed by atoms with Crippen LogP contribution in [0.1, 0.15) is 13.3 Å². The van der Waals surface area contributed by atoms with E-state index >= 15 is 0 Å². The first kappa shape index (κ1) is 7.95. The molecular weight excluding hydrogens is 156 g/mol. The molecule has 1 fully saturated rings. The molecule has 66 valence electrons. The molecule has 0 amide bonds. The molecule has 2 bridgehead atoms. The van der Waals surface area contributed by atoms with Gasteiger partial charge in [0.15, 0.2) is 11.4 Å². The van der Waals surface area contributed by atoms with Gasteiger partial charge in [-0.05, 0) is 6.92 Å². The summed E-state index contributed by atoms with van der Waals surface area (Å²) in [6.45, 7) is 1.78. The number of rotatable bonds is 1. The van der Waals surface area contributed by atoms with Gasteiger partial charge < -0.3 is 9.47 Å². The first-order chi connectivity index (χ1) is 5.66. The summed E-state index contributed by atoms with van der Waals surface area (Å²) in [5, 5.41) is 0. The molecule has 0 radical (unpaired) electrons. The van der Waals surface area contributed by atoms with Crippen molar-refractivity contribution in [2.75, 3.05) is 7.11 Å². The number of carbonyl (C=O) groups is 1. The van der Waals surface area contributed by atoms with E-state index in [4.69, 9.17) is 9.47 Å². The second kappa shape index (κ2) is 2.41. The van der Waals surface area contributed by atoms with Gasteiger partial charge in [0.2, 0.25) is 0 Å². The van der Waals surface area contributed by atoms with Crippen LogP contribution in [0.5, 0.6) is 0 Å². The molecule has 1 saturated heterocycles. The van der Waals surface area contributed by atoms with Crippen molar-refractivity contribution in [1.82, 2.24) is 0 Å². The van der Waals surface area contributed by atoms with Crippen LogP contribution in [0.25, 0.3) is 0 Å². The van der Waals surface area contributed by atoms with E-state index in [0.29, 0.717) is 6.42 Å². The van der Waals surface area contributed by atoms with Gasteiger partial charge in [-0.25, -0.2) is 0 Å². The highest BCUT2D eigenvalue weighted by molar-refractivity contribution is 5.90. The van der Waals surface area contributed by atoms with Crippen LogP contribution in [0.3, 0.4) is 0 Å². The molecule has 2 aliphatic heterocycles. The molecular formula is C9H12O3. The van der Waals surface area contributed by atoms with Crippen molar-refractivity contribution in [2.24, 2.45) is 0 Å². The van der Waals surface area contributed by atoms with Gasteiger partial charge in [0.1, 0.15) is 6.10 Å². The molecule has 3 atom stereocenters. The molecule has 2 aliphatic rings. The lowest BCUT2D eigenvalue weighted by molar-refractivity contribution is -0.169. The summed E-state index contributed by atoms with van der Waals surface area (Å²) >= 11 is 0. The molecule has 2 rings (SSSR count). The molecule has 0 aliphatic carbocycles. The topological polar surface area (TPSA) is 35.5 Å². The standard InChI is InChI=1S/C9H12O3/c1-9(11-2)7(10)5-6-3-4-8(9)12-6/h3-4,6,8H,5H2,1-2H3. The average Bonchev–Trinajstić information content (AvgIpc) is 2.47. The second-order valence-corrected chi connectivity index (χ2v) is 3.42. The van der Waals surface area contributed by atoms with Gasteiger partial charge in [-0.2, -0.15) is 0 Å². The molecule has 0 spiro atoms. The Morgan fingerprint density at radius 3 is 3.08 bits per heavy atom. The number of ether oxygens (including phenoxy) is 2. The summed E-state index contributed by atoms with van der Waals surface area (Å²) in [5.74, 6) is 0.135. The zero-order chi connectivity index (χ0) is 8.77. The number of fused-ring (bicyclic) bond motifs is 2. The van der Waals surface area contributed by atoms with Gasteiger partial charge in [0.05, 0.1) is 6.10 Å². The molecule has 0 N–H and O–H groups in total. The van der Waals surface area contributed by atoms with Gasteiger partial charge in [-0.15, -0.1) is 0 Å². The van der Waals surface area contributed by atoms with Crippen molar-refractivity contribution in [3.8, 4) is 0 Å². The monoisotopic (exact) mass is 168 g/mol. The number of methoxy groups -OCH3 is 1. The van der Waals surface area contributed by atoms with E-state index in [1.54, 1.807) is 14.0 Å². The molecule has 0 aromatic heterocycles. The smallest absolute Gasteiger partial charge is 0.170 e. The second-order valence-electron chi connectivity index (χ2n) is 3.42. The summed E-state index contributed by atoms with van der Waals surface area (Å²) in [4.78, 5) is 11.6. The predicted molar refractivity (Wildman–Crippen MR) is 42.8 cm³/mol. The number of hydrogen-bond acceptors (Lipinski definition) is 3. The van der Waals surface area contributed by atoms with Crippen molar-refractivity contribution < 1.29 is 14.3 Å². The van der Waals surface area contributed by atoms with Crippen LogP contribution in [0.15, 0.2) is 12.2 Å². The maximum Gasteiger partial charge on any atom is 0.170 e. The highest BCUT2D eigenvalue weighted by Gasteiger charge is 2.48. The summed E-state index contributed by atoms with van der Waals surface area (Å²) < 4.78 is 10.7. The van der Waals surface area contributed by atoms with Crippen molar-refractivity contribution in [3.63, 3.8) is 0 Å². The molecule has 2 heterocycles. The van der Waals surface area contributed by atoms with E-state index in [1.807, 2.05) is 12.2 Å². The molecule has 3 heteroatoms. The maximum absolute atomic E-state index is 11.6. The third-order valence-electron chi connectivity index (χ3n) is 2.73. The van der Waals surface area contributed by atoms with Crippen LogP contribution >= 0.6 is 0 Å². The van der Waals surface area contributed by atoms with E-state index in [0.717, 1.165) is 0 Å². The van der Waals surface area contributed by atoms with Crippen LogP contribution < -0.4 is 0 Å². The first-order valence-electron chi connectivity index (χ1n) is 4.09. The Kier molecular flexibility index (Phi) is 1.59. The van der Waals surface area contributed by atoms with Crippen LogP contribution in [-0.2, 0) is 14.3 Å². The van der Waals surface area contributed by atoms with E-state index in [1.165, 1.54) is 0 Å². The van der Waals surface area contributed by atoms with Crippen LogP contribution in [0.2, 0.25) is 0 Å². The molecule has 3 unspecified atom stereocenters. The minimum atomic E-state index is -0.760. The minimum Gasteiger partial charge on any atom is -0.368 e. The van der Waals surface area contributed by atoms with E-state index in [2.05, 4.69) is 0 Å². The normalized spacial score (nSPS) is 45.3. The quantitative estimate of drug-likeness (QED) is 0.540. The molecule has 12 heavy (non-hydrogen) atoms. The minimum absolute atomic E-state index is 0.00859. The zero-order valence-electron chi connectivity index (χ0n) is 7.24. The predicted octanol–water partition coefficient (Wildman–Crippen LogP) is 0.688. The van der Waals surface area contributed by atoms with E-state index < -0.39 is 5.60 Å². The maximum atomic E-state index is 11.6. The largest absolute Gasteiger partial charge is 0.368 e. The number of Topliss-reactive ketones (excluding diaryl/α,β-unsaturated/α-hetero) is 1. The fraction of sp³-hybridized carbons (Fsp3) is 0.667. The van der Waals surface area contributed by atoms with Crippen molar-refractivity contribution in [1.29, 1.82) is 0 Å². The Bertz CT molecular complexity index is 246. The van der Waals surface area contributed by atoms with E-state index in [9.17, 15) is 4.79 Å². The lowest BCUT2D eigenvalue weighted by Gasteiger charge is -2.36. The number of hydrogen-bond donors (Lipinski definition) is 0. The fourth-order valence-corrected chi connectivity index (χ4v) is 1.71. The average molecular weight is 168 g/mol. The Hall–Kier alpha value is -0.670. The number of carbonyl (C=O) groups excluding carboxylic acids is 1. The molecule has 0 saturated carbocycles.